The van der Waals surface area contributed by atoms with Gasteiger partial charge in [-0.3, -0.25) is 9.58 Å². The van der Waals surface area contributed by atoms with Crippen LogP contribution in [0, 0.1) is 0 Å². The van der Waals surface area contributed by atoms with Crippen LogP contribution in [0.1, 0.15) is 17.3 Å². The van der Waals surface area contributed by atoms with Gasteiger partial charge in [-0.15, -0.1) is 0 Å². The van der Waals surface area contributed by atoms with Gasteiger partial charge in [-0.05, 0) is 24.3 Å². The highest BCUT2D eigenvalue weighted by Crippen LogP contribution is 2.22. The van der Waals surface area contributed by atoms with E-state index in [0.717, 1.165) is 24.3 Å². The maximum Gasteiger partial charge on any atom is 0.240 e. The Morgan fingerprint density at radius 3 is 2.81 bits per heavy atom. The van der Waals surface area contributed by atoms with E-state index in [1.807, 2.05) is 16.8 Å². The average molecular weight is 372 g/mol. The third kappa shape index (κ3) is 3.57. The molecular formula is C18H20N4O3S. The Bertz CT molecular complexity index is 952. The van der Waals surface area contributed by atoms with Crippen molar-refractivity contribution in [2.75, 3.05) is 13.1 Å². The molecule has 0 fully saturated rings. The molecule has 0 bridgehead atoms. The summed E-state index contributed by atoms with van der Waals surface area (Å²) in [6.45, 7) is 2.52. The molecule has 2 aromatic heterocycles. The summed E-state index contributed by atoms with van der Waals surface area (Å²) in [6, 6.07) is 12.3. The SMILES string of the molecule is O=S(=O)(NC[C@H]1CN(Cc2ccoc2)Cc2ccnn21)c1ccccc1. The number of sulfonamides is 1. The first-order valence-electron chi connectivity index (χ1n) is 8.42. The number of benzene rings is 1. The third-order valence-corrected chi connectivity index (χ3v) is 5.94. The quantitative estimate of drug-likeness (QED) is 0.716. The van der Waals surface area contributed by atoms with Crippen LogP contribution < -0.4 is 4.72 Å². The summed E-state index contributed by atoms with van der Waals surface area (Å²) < 4.78 is 34.8. The van der Waals surface area contributed by atoms with E-state index >= 15 is 0 Å². The molecule has 0 aliphatic carbocycles. The number of aromatic nitrogens is 2. The van der Waals surface area contributed by atoms with Gasteiger partial charge in [0.25, 0.3) is 0 Å². The Labute approximate surface area is 152 Å². The van der Waals surface area contributed by atoms with E-state index in [4.69, 9.17) is 4.42 Å². The molecule has 7 nitrogen and oxygen atoms in total. The van der Waals surface area contributed by atoms with Gasteiger partial charge in [0.2, 0.25) is 10.0 Å². The Morgan fingerprint density at radius 2 is 2.04 bits per heavy atom. The van der Waals surface area contributed by atoms with E-state index in [1.165, 1.54) is 0 Å². The second-order valence-corrected chi connectivity index (χ2v) is 8.15. The minimum absolute atomic E-state index is 0.0702. The van der Waals surface area contributed by atoms with Crippen LogP contribution in [0.4, 0.5) is 0 Å². The molecule has 0 saturated heterocycles. The van der Waals surface area contributed by atoms with Gasteiger partial charge in [-0.25, -0.2) is 13.1 Å². The molecular weight excluding hydrogens is 352 g/mol. The molecule has 3 heterocycles. The van der Waals surface area contributed by atoms with Crippen LogP contribution in [0.2, 0.25) is 0 Å². The third-order valence-electron chi connectivity index (χ3n) is 4.50. The Balaban J connectivity index is 1.48. The number of rotatable bonds is 6. The van der Waals surface area contributed by atoms with Crippen molar-refractivity contribution in [2.45, 2.75) is 24.0 Å². The maximum atomic E-state index is 12.5. The van der Waals surface area contributed by atoms with Gasteiger partial charge in [0, 0.05) is 37.9 Å². The summed E-state index contributed by atoms with van der Waals surface area (Å²) in [4.78, 5) is 2.54. The topological polar surface area (TPSA) is 80.4 Å². The van der Waals surface area contributed by atoms with Gasteiger partial charge in [0.05, 0.1) is 29.2 Å². The molecule has 1 N–H and O–H groups in total. The number of hydrogen-bond acceptors (Lipinski definition) is 5. The van der Waals surface area contributed by atoms with Crippen LogP contribution in [0.3, 0.4) is 0 Å². The van der Waals surface area contributed by atoms with Crippen LogP contribution in [0.15, 0.2) is 70.5 Å². The second kappa shape index (κ2) is 7.06. The Kier molecular flexibility index (Phi) is 4.62. The lowest BCUT2D eigenvalue weighted by atomic mass is 10.1. The molecule has 8 heteroatoms. The Morgan fingerprint density at radius 1 is 1.19 bits per heavy atom. The fourth-order valence-corrected chi connectivity index (χ4v) is 4.36. The van der Waals surface area contributed by atoms with Crippen molar-refractivity contribution < 1.29 is 12.8 Å². The van der Waals surface area contributed by atoms with Gasteiger partial charge in [-0.2, -0.15) is 5.10 Å². The fraction of sp³-hybridized carbons (Fsp3) is 0.278. The highest BCUT2D eigenvalue weighted by Gasteiger charge is 2.27. The summed E-state index contributed by atoms with van der Waals surface area (Å²) in [5.74, 6) is 0. The van der Waals surface area contributed by atoms with Gasteiger partial charge in [0.1, 0.15) is 0 Å². The van der Waals surface area contributed by atoms with Crippen molar-refractivity contribution in [3.63, 3.8) is 0 Å². The van der Waals surface area contributed by atoms with Crippen LogP contribution in [-0.2, 0) is 23.1 Å². The number of furan rings is 1. The standard InChI is InChI=1S/C18H20N4O3S/c23-26(24,18-4-2-1-3-5-18)20-10-17-13-21(11-15-7-9-25-14-15)12-16-6-8-19-22(16)17/h1-9,14,17,20H,10-13H2/t17-/m0/s1. The average Bonchev–Trinajstić information content (AvgIpc) is 3.32. The summed E-state index contributed by atoms with van der Waals surface area (Å²) in [5.41, 5.74) is 2.17. The van der Waals surface area contributed by atoms with E-state index in [0.29, 0.717) is 6.54 Å². The summed E-state index contributed by atoms with van der Waals surface area (Å²) in [7, 11) is -3.54. The second-order valence-electron chi connectivity index (χ2n) is 6.39. The van der Waals surface area contributed by atoms with Crippen molar-refractivity contribution in [3.05, 3.63) is 72.4 Å². The Hall–Kier alpha value is -2.42. The molecule has 1 aliphatic rings. The molecule has 0 radical (unpaired) electrons. The van der Waals surface area contributed by atoms with Crippen molar-refractivity contribution in [2.24, 2.45) is 0 Å². The van der Waals surface area contributed by atoms with Gasteiger partial charge in [-0.1, -0.05) is 18.2 Å². The van der Waals surface area contributed by atoms with Gasteiger partial charge >= 0.3 is 0 Å². The molecule has 1 aromatic carbocycles. The zero-order chi connectivity index (χ0) is 18.0. The molecule has 26 heavy (non-hydrogen) atoms. The molecule has 0 unspecified atom stereocenters. The lowest BCUT2D eigenvalue weighted by Crippen LogP contribution is -2.42. The number of nitrogens with one attached hydrogen (secondary N) is 1. The monoisotopic (exact) mass is 372 g/mol. The van der Waals surface area contributed by atoms with Gasteiger partial charge in [0.15, 0.2) is 0 Å². The van der Waals surface area contributed by atoms with Crippen LogP contribution in [-0.4, -0.2) is 36.2 Å². The van der Waals surface area contributed by atoms with E-state index < -0.39 is 10.0 Å². The van der Waals surface area contributed by atoms with Gasteiger partial charge < -0.3 is 4.42 Å². The highest BCUT2D eigenvalue weighted by atomic mass is 32.2. The normalized spacial score (nSPS) is 17.9. The zero-order valence-electron chi connectivity index (χ0n) is 14.2. The molecule has 136 valence electrons. The molecule has 4 rings (SSSR count). The first kappa shape index (κ1) is 17.0. The molecule has 1 atom stereocenters. The molecule has 3 aromatic rings. The van der Waals surface area contributed by atoms with Crippen molar-refractivity contribution in [1.82, 2.24) is 19.4 Å². The van der Waals surface area contributed by atoms with Crippen LogP contribution >= 0.6 is 0 Å². The minimum atomic E-state index is -3.54. The summed E-state index contributed by atoms with van der Waals surface area (Å²) in [6.07, 6.45) is 5.16. The summed E-state index contributed by atoms with van der Waals surface area (Å²) in [5, 5.41) is 4.38. The predicted molar refractivity (Wildman–Crippen MR) is 95.7 cm³/mol. The summed E-state index contributed by atoms with van der Waals surface area (Å²) >= 11 is 0. The number of hydrogen-bond donors (Lipinski definition) is 1. The molecule has 0 spiro atoms. The predicted octanol–water partition coefficient (Wildman–Crippen LogP) is 2.01. The van der Waals surface area contributed by atoms with Crippen LogP contribution in [0.25, 0.3) is 0 Å². The minimum Gasteiger partial charge on any atom is -0.472 e. The lowest BCUT2D eigenvalue weighted by molar-refractivity contribution is 0.167. The van der Waals surface area contributed by atoms with Crippen molar-refractivity contribution in [3.8, 4) is 0 Å². The smallest absolute Gasteiger partial charge is 0.240 e. The lowest BCUT2D eigenvalue weighted by Gasteiger charge is -2.33. The zero-order valence-corrected chi connectivity index (χ0v) is 15.0. The first-order chi connectivity index (χ1) is 12.6. The maximum absolute atomic E-state index is 12.5. The number of nitrogens with zero attached hydrogens (tertiary/aromatic N) is 3. The van der Waals surface area contributed by atoms with Crippen molar-refractivity contribution >= 4 is 10.0 Å². The highest BCUT2D eigenvalue weighted by molar-refractivity contribution is 7.89. The van der Waals surface area contributed by atoms with E-state index in [1.54, 1.807) is 49.1 Å². The molecule has 1 aliphatic heterocycles. The van der Waals surface area contributed by atoms with E-state index in [9.17, 15) is 8.42 Å². The largest absolute Gasteiger partial charge is 0.472 e. The molecule has 0 amide bonds. The van der Waals surface area contributed by atoms with Crippen LogP contribution in [0.5, 0.6) is 0 Å². The van der Waals surface area contributed by atoms with E-state index in [-0.39, 0.29) is 17.5 Å². The van der Waals surface area contributed by atoms with Crippen molar-refractivity contribution in [1.29, 1.82) is 0 Å². The van der Waals surface area contributed by atoms with E-state index in [2.05, 4.69) is 14.7 Å². The molecule has 0 saturated carbocycles. The number of fused-ring (bicyclic) bond motifs is 1. The first-order valence-corrected chi connectivity index (χ1v) is 9.91. The fourth-order valence-electron chi connectivity index (χ4n) is 3.27.